The summed E-state index contributed by atoms with van der Waals surface area (Å²) >= 11 is 0. The Bertz CT molecular complexity index is 348. The molecule has 0 N–H and O–H groups in total. The number of ether oxygens (including phenoxy) is 1. The van der Waals surface area contributed by atoms with Crippen LogP contribution in [0.15, 0.2) is 36.0 Å². The molecule has 0 spiro atoms. The molecular formula is C12H14O3. The van der Waals surface area contributed by atoms with Gasteiger partial charge in [0, 0.05) is 5.57 Å². The van der Waals surface area contributed by atoms with Gasteiger partial charge in [-0.1, -0.05) is 24.8 Å². The fourth-order valence-electron chi connectivity index (χ4n) is 1.30. The molecule has 80 valence electrons. The standard InChI is InChI=1S/C12H14O3/c1-3-15-12(14)9(2)11(13)10-7-5-4-6-8-10/h4-5,7H,2-3,6,8H2,1H3. The highest BCUT2D eigenvalue weighted by atomic mass is 16.5. The van der Waals surface area contributed by atoms with Crippen LogP contribution in [0.3, 0.4) is 0 Å². The molecule has 0 saturated heterocycles. The van der Waals surface area contributed by atoms with Crippen molar-refractivity contribution in [1.82, 2.24) is 0 Å². The zero-order valence-corrected chi connectivity index (χ0v) is 8.79. The van der Waals surface area contributed by atoms with E-state index in [0.717, 1.165) is 6.42 Å². The number of carbonyl (C=O) groups excluding carboxylic acids is 2. The first-order chi connectivity index (χ1) is 7.16. The molecule has 3 heteroatoms. The molecular weight excluding hydrogens is 192 g/mol. The van der Waals surface area contributed by atoms with Crippen molar-refractivity contribution in [3.63, 3.8) is 0 Å². The van der Waals surface area contributed by atoms with E-state index in [2.05, 4.69) is 6.58 Å². The SMILES string of the molecule is C=C(C(=O)OCC)C(=O)C1=CC=CCC1. The van der Waals surface area contributed by atoms with Crippen molar-refractivity contribution in [2.45, 2.75) is 19.8 Å². The van der Waals surface area contributed by atoms with Crippen LogP contribution in [-0.2, 0) is 14.3 Å². The lowest BCUT2D eigenvalue weighted by atomic mass is 9.97. The van der Waals surface area contributed by atoms with Crippen LogP contribution in [0.5, 0.6) is 0 Å². The first-order valence-corrected chi connectivity index (χ1v) is 4.93. The summed E-state index contributed by atoms with van der Waals surface area (Å²) in [5.41, 5.74) is 0.536. The predicted octanol–water partition coefficient (Wildman–Crippen LogP) is 1.95. The summed E-state index contributed by atoms with van der Waals surface area (Å²) in [7, 11) is 0. The Balaban J connectivity index is 2.68. The smallest absolute Gasteiger partial charge is 0.341 e. The number of rotatable bonds is 4. The second-order valence-electron chi connectivity index (χ2n) is 3.19. The summed E-state index contributed by atoms with van der Waals surface area (Å²) in [6.45, 7) is 5.41. The van der Waals surface area contributed by atoms with Crippen molar-refractivity contribution < 1.29 is 14.3 Å². The number of allylic oxidation sites excluding steroid dienone is 4. The maximum Gasteiger partial charge on any atom is 0.341 e. The van der Waals surface area contributed by atoms with Gasteiger partial charge in [-0.15, -0.1) is 0 Å². The molecule has 0 atom stereocenters. The van der Waals surface area contributed by atoms with Gasteiger partial charge < -0.3 is 4.74 Å². The van der Waals surface area contributed by atoms with Gasteiger partial charge in [0.05, 0.1) is 6.61 Å². The van der Waals surface area contributed by atoms with Gasteiger partial charge in [-0.25, -0.2) is 4.79 Å². The largest absolute Gasteiger partial charge is 0.462 e. The molecule has 0 bridgehead atoms. The zero-order chi connectivity index (χ0) is 11.3. The molecule has 0 saturated carbocycles. The highest BCUT2D eigenvalue weighted by molar-refractivity contribution is 6.23. The monoisotopic (exact) mass is 206 g/mol. The van der Waals surface area contributed by atoms with E-state index in [-0.39, 0.29) is 18.0 Å². The first kappa shape index (κ1) is 11.4. The Morgan fingerprint density at radius 3 is 2.80 bits per heavy atom. The van der Waals surface area contributed by atoms with Crippen molar-refractivity contribution >= 4 is 11.8 Å². The zero-order valence-electron chi connectivity index (χ0n) is 8.79. The van der Waals surface area contributed by atoms with E-state index < -0.39 is 5.97 Å². The van der Waals surface area contributed by atoms with Gasteiger partial charge in [0.2, 0.25) is 0 Å². The third-order valence-electron chi connectivity index (χ3n) is 2.10. The van der Waals surface area contributed by atoms with Gasteiger partial charge in [-0.05, 0) is 19.8 Å². The van der Waals surface area contributed by atoms with Gasteiger partial charge in [0.1, 0.15) is 5.57 Å². The minimum atomic E-state index is -0.627. The van der Waals surface area contributed by atoms with Crippen LogP contribution in [0.1, 0.15) is 19.8 Å². The van der Waals surface area contributed by atoms with E-state index in [0.29, 0.717) is 12.0 Å². The number of Topliss-reactive ketones (excluding diaryl/α,β-unsaturated/α-hetero) is 1. The number of esters is 1. The van der Waals surface area contributed by atoms with E-state index in [1.165, 1.54) is 0 Å². The molecule has 1 aliphatic carbocycles. The third kappa shape index (κ3) is 2.91. The number of hydrogen-bond donors (Lipinski definition) is 0. The second-order valence-corrected chi connectivity index (χ2v) is 3.19. The number of ketones is 1. The van der Waals surface area contributed by atoms with Crippen molar-refractivity contribution in [2.24, 2.45) is 0 Å². The second kappa shape index (κ2) is 5.29. The molecule has 0 amide bonds. The van der Waals surface area contributed by atoms with Crippen molar-refractivity contribution in [1.29, 1.82) is 0 Å². The first-order valence-electron chi connectivity index (χ1n) is 4.93. The summed E-state index contributed by atoms with van der Waals surface area (Å²) < 4.78 is 4.71. The lowest BCUT2D eigenvalue weighted by Gasteiger charge is -2.09. The topological polar surface area (TPSA) is 43.4 Å². The molecule has 0 radical (unpaired) electrons. The van der Waals surface area contributed by atoms with Crippen LogP contribution >= 0.6 is 0 Å². The molecule has 1 aliphatic rings. The molecule has 0 aliphatic heterocycles. The molecule has 0 heterocycles. The number of hydrogen-bond acceptors (Lipinski definition) is 3. The molecule has 0 aromatic rings. The third-order valence-corrected chi connectivity index (χ3v) is 2.10. The molecule has 0 aromatic carbocycles. The summed E-state index contributed by atoms with van der Waals surface area (Å²) in [5.74, 6) is -0.934. The van der Waals surface area contributed by atoms with Gasteiger partial charge in [0.15, 0.2) is 5.78 Å². The van der Waals surface area contributed by atoms with Crippen LogP contribution in [0.2, 0.25) is 0 Å². The fraction of sp³-hybridized carbons (Fsp3) is 0.333. The highest BCUT2D eigenvalue weighted by Gasteiger charge is 2.20. The van der Waals surface area contributed by atoms with Crippen LogP contribution in [0.4, 0.5) is 0 Å². The summed E-state index contributed by atoms with van der Waals surface area (Å²) in [6, 6.07) is 0. The summed E-state index contributed by atoms with van der Waals surface area (Å²) in [5, 5.41) is 0. The Hall–Kier alpha value is -1.64. The van der Waals surface area contributed by atoms with Crippen LogP contribution in [0.25, 0.3) is 0 Å². The molecule has 0 aromatic heterocycles. The van der Waals surface area contributed by atoms with Crippen LogP contribution in [-0.4, -0.2) is 18.4 Å². The van der Waals surface area contributed by atoms with E-state index in [4.69, 9.17) is 4.74 Å². The van der Waals surface area contributed by atoms with Crippen molar-refractivity contribution in [3.8, 4) is 0 Å². The molecule has 15 heavy (non-hydrogen) atoms. The van der Waals surface area contributed by atoms with E-state index in [9.17, 15) is 9.59 Å². The average Bonchev–Trinajstić information content (AvgIpc) is 2.28. The van der Waals surface area contributed by atoms with Crippen LogP contribution < -0.4 is 0 Å². The van der Waals surface area contributed by atoms with Gasteiger partial charge >= 0.3 is 5.97 Å². The Kier molecular flexibility index (Phi) is 4.03. The lowest BCUT2D eigenvalue weighted by molar-refractivity contribution is -0.139. The van der Waals surface area contributed by atoms with Crippen molar-refractivity contribution in [3.05, 3.63) is 36.0 Å². The minimum absolute atomic E-state index is 0.0848. The average molecular weight is 206 g/mol. The molecule has 3 nitrogen and oxygen atoms in total. The van der Waals surface area contributed by atoms with Gasteiger partial charge in [0.25, 0.3) is 0 Å². The van der Waals surface area contributed by atoms with Gasteiger partial charge in [-0.3, -0.25) is 4.79 Å². The molecule has 0 fully saturated rings. The normalized spacial score (nSPS) is 14.3. The van der Waals surface area contributed by atoms with E-state index in [1.54, 1.807) is 13.0 Å². The highest BCUT2D eigenvalue weighted by Crippen LogP contribution is 2.16. The Labute approximate surface area is 89.1 Å². The quantitative estimate of drug-likeness (QED) is 0.305. The number of carbonyl (C=O) groups is 2. The van der Waals surface area contributed by atoms with Crippen LogP contribution in [0, 0.1) is 0 Å². The van der Waals surface area contributed by atoms with Crippen molar-refractivity contribution in [2.75, 3.05) is 6.61 Å². The Morgan fingerprint density at radius 1 is 1.53 bits per heavy atom. The maximum absolute atomic E-state index is 11.7. The fourth-order valence-corrected chi connectivity index (χ4v) is 1.30. The minimum Gasteiger partial charge on any atom is -0.462 e. The Morgan fingerprint density at radius 2 is 2.27 bits per heavy atom. The molecule has 0 unspecified atom stereocenters. The predicted molar refractivity (Wildman–Crippen MR) is 57.2 cm³/mol. The molecule has 1 rings (SSSR count). The lowest BCUT2D eigenvalue weighted by Crippen LogP contribution is -2.17. The maximum atomic E-state index is 11.7. The summed E-state index contributed by atoms with van der Waals surface area (Å²) in [4.78, 5) is 23.0. The van der Waals surface area contributed by atoms with E-state index >= 15 is 0 Å². The summed E-state index contributed by atoms with van der Waals surface area (Å²) in [6.07, 6.45) is 7.00. The van der Waals surface area contributed by atoms with E-state index in [1.807, 2.05) is 12.2 Å². The van der Waals surface area contributed by atoms with Gasteiger partial charge in [-0.2, -0.15) is 0 Å².